The molecule has 1 aliphatic rings. The second-order valence-electron chi connectivity index (χ2n) is 9.55. The molecule has 0 bridgehead atoms. The minimum Gasteiger partial charge on any atom is -0.490 e. The first-order valence-corrected chi connectivity index (χ1v) is 13.2. The highest BCUT2D eigenvalue weighted by molar-refractivity contribution is 5.76. The van der Waals surface area contributed by atoms with Crippen LogP contribution in [0.2, 0.25) is 0 Å². The van der Waals surface area contributed by atoms with Crippen molar-refractivity contribution in [2.24, 2.45) is 0 Å². The predicted molar refractivity (Wildman–Crippen MR) is 141 cm³/mol. The summed E-state index contributed by atoms with van der Waals surface area (Å²) in [4.78, 5) is 20.5. The van der Waals surface area contributed by atoms with Gasteiger partial charge in [-0.15, -0.1) is 0 Å². The molecule has 1 saturated carbocycles. The van der Waals surface area contributed by atoms with Gasteiger partial charge < -0.3 is 29.5 Å². The molecule has 10 nitrogen and oxygen atoms in total. The number of hydrogen-bond donors (Lipinski definition) is 3. The van der Waals surface area contributed by atoms with Crippen LogP contribution in [0.5, 0.6) is 11.6 Å². The lowest BCUT2D eigenvalue weighted by Gasteiger charge is -2.17. The van der Waals surface area contributed by atoms with Crippen molar-refractivity contribution in [1.82, 2.24) is 20.4 Å². The minimum atomic E-state index is -0.912. The molecule has 38 heavy (non-hydrogen) atoms. The molecule has 2 heterocycles. The van der Waals surface area contributed by atoms with Gasteiger partial charge in [0.2, 0.25) is 17.6 Å². The van der Waals surface area contributed by atoms with Crippen LogP contribution in [0.4, 0.5) is 0 Å². The van der Waals surface area contributed by atoms with Crippen LogP contribution in [0, 0.1) is 6.92 Å². The van der Waals surface area contributed by atoms with Crippen molar-refractivity contribution >= 4 is 5.91 Å². The summed E-state index contributed by atoms with van der Waals surface area (Å²) in [6.07, 6.45) is 5.22. The van der Waals surface area contributed by atoms with Gasteiger partial charge in [-0.1, -0.05) is 19.0 Å². The second kappa shape index (κ2) is 12.8. The third-order valence-corrected chi connectivity index (χ3v) is 6.57. The van der Waals surface area contributed by atoms with E-state index in [-0.39, 0.29) is 19.3 Å². The summed E-state index contributed by atoms with van der Waals surface area (Å²) in [7, 11) is 0. The number of aryl methyl sites for hydroxylation is 3. The number of benzene rings is 1. The summed E-state index contributed by atoms with van der Waals surface area (Å²) in [5, 5.41) is 25.6. The molecule has 1 amide bonds. The maximum atomic E-state index is 11.2. The Balaban J connectivity index is 1.51. The van der Waals surface area contributed by atoms with Gasteiger partial charge in [-0.05, 0) is 74.8 Å². The zero-order chi connectivity index (χ0) is 27.1. The number of pyridine rings is 1. The highest BCUT2D eigenvalue weighted by atomic mass is 16.5. The van der Waals surface area contributed by atoms with Crippen LogP contribution in [-0.4, -0.2) is 63.2 Å². The van der Waals surface area contributed by atoms with Gasteiger partial charge in [0.25, 0.3) is 5.89 Å². The first kappa shape index (κ1) is 27.5. The average Bonchev–Trinajstić information content (AvgIpc) is 3.63. The summed E-state index contributed by atoms with van der Waals surface area (Å²) in [6.45, 7) is 5.35. The Morgan fingerprint density at radius 3 is 2.63 bits per heavy atom. The summed E-state index contributed by atoms with van der Waals surface area (Å²) in [6, 6.07) is 7.69. The fourth-order valence-electron chi connectivity index (χ4n) is 4.53. The molecule has 0 spiro atoms. The van der Waals surface area contributed by atoms with Crippen LogP contribution >= 0.6 is 0 Å². The van der Waals surface area contributed by atoms with Crippen LogP contribution in [0.1, 0.15) is 56.4 Å². The molecular formula is C28H36N4O6. The van der Waals surface area contributed by atoms with E-state index < -0.39 is 18.6 Å². The van der Waals surface area contributed by atoms with E-state index in [1.807, 2.05) is 45.0 Å². The van der Waals surface area contributed by atoms with Gasteiger partial charge in [0.15, 0.2) is 0 Å². The number of aliphatic hydroxyl groups excluding tert-OH is 2. The van der Waals surface area contributed by atoms with Crippen LogP contribution in [0.15, 0.2) is 28.8 Å². The summed E-state index contributed by atoms with van der Waals surface area (Å²) >= 11 is 0. The number of ether oxygens (including phenoxy) is 2. The van der Waals surface area contributed by atoms with Crippen molar-refractivity contribution in [2.75, 3.05) is 19.8 Å². The Morgan fingerprint density at radius 1 is 1.13 bits per heavy atom. The average molecular weight is 525 g/mol. The lowest BCUT2D eigenvalue weighted by Crippen LogP contribution is -2.36. The molecule has 2 aromatic heterocycles. The van der Waals surface area contributed by atoms with Gasteiger partial charge in [0.05, 0.1) is 0 Å². The van der Waals surface area contributed by atoms with E-state index in [9.17, 15) is 9.90 Å². The summed E-state index contributed by atoms with van der Waals surface area (Å²) < 4.78 is 17.7. The number of nitrogens with one attached hydrogen (secondary N) is 1. The summed E-state index contributed by atoms with van der Waals surface area (Å²) in [5.41, 5.74) is 4.27. The number of carbonyl (C=O) groups is 1. The maximum absolute atomic E-state index is 11.2. The van der Waals surface area contributed by atoms with Gasteiger partial charge in [-0.25, -0.2) is 4.98 Å². The monoisotopic (exact) mass is 524 g/mol. The molecule has 204 valence electrons. The maximum Gasteiger partial charge on any atom is 0.258 e. The first-order valence-electron chi connectivity index (χ1n) is 13.2. The van der Waals surface area contributed by atoms with Crippen LogP contribution in [0.25, 0.3) is 22.8 Å². The van der Waals surface area contributed by atoms with E-state index in [2.05, 4.69) is 20.4 Å². The van der Waals surface area contributed by atoms with Crippen molar-refractivity contribution in [1.29, 1.82) is 0 Å². The highest BCUT2D eigenvalue weighted by Gasteiger charge is 2.20. The van der Waals surface area contributed by atoms with Gasteiger partial charge in [0.1, 0.15) is 31.2 Å². The summed E-state index contributed by atoms with van der Waals surface area (Å²) in [5.74, 6) is 1.58. The van der Waals surface area contributed by atoms with E-state index in [4.69, 9.17) is 19.1 Å². The lowest BCUT2D eigenvalue weighted by molar-refractivity contribution is -0.124. The van der Waals surface area contributed by atoms with Crippen molar-refractivity contribution in [2.45, 2.75) is 71.5 Å². The van der Waals surface area contributed by atoms with Crippen molar-refractivity contribution in [3.05, 3.63) is 41.1 Å². The van der Waals surface area contributed by atoms with Crippen molar-refractivity contribution < 1.29 is 29.0 Å². The number of aromatic nitrogens is 3. The first-order chi connectivity index (χ1) is 18.4. The number of aliphatic hydroxyl groups is 2. The fourth-order valence-corrected chi connectivity index (χ4v) is 4.53. The quantitative estimate of drug-likeness (QED) is 0.325. The zero-order valence-electron chi connectivity index (χ0n) is 22.2. The number of carbonyl (C=O) groups excluding carboxylic acids is 1. The molecule has 4 rings (SSSR count). The van der Waals surface area contributed by atoms with Crippen molar-refractivity contribution in [3.63, 3.8) is 0 Å². The van der Waals surface area contributed by atoms with E-state index in [0.29, 0.717) is 29.8 Å². The standard InChI is InChI=1S/C28H36N4O6/c1-4-18-11-19(10-17(3)26(18)36-16-22(34)14-29-24(35)15-33)27-31-28(38-32-27)20-12-21(5-2)30-25(13-20)37-23-8-6-7-9-23/h10-13,22-23,33-34H,4-9,14-16H2,1-3H3,(H,29,35)/t22-/m0/s1. The molecule has 3 N–H and O–H groups in total. The number of nitrogens with zero attached hydrogens (tertiary/aromatic N) is 3. The fraction of sp³-hybridized carbons (Fsp3) is 0.500. The van der Waals surface area contributed by atoms with Gasteiger partial charge in [-0.2, -0.15) is 4.98 Å². The molecule has 0 unspecified atom stereocenters. The Kier molecular flexibility index (Phi) is 9.30. The Labute approximate surface area is 222 Å². The predicted octanol–water partition coefficient (Wildman–Crippen LogP) is 3.40. The van der Waals surface area contributed by atoms with Crippen molar-refractivity contribution in [3.8, 4) is 34.5 Å². The van der Waals surface area contributed by atoms with E-state index >= 15 is 0 Å². The Bertz CT molecular complexity index is 1240. The van der Waals surface area contributed by atoms with E-state index in [0.717, 1.165) is 47.2 Å². The zero-order valence-corrected chi connectivity index (χ0v) is 22.2. The van der Waals surface area contributed by atoms with Crippen LogP contribution in [0.3, 0.4) is 0 Å². The largest absolute Gasteiger partial charge is 0.490 e. The molecule has 1 atom stereocenters. The Hall–Kier alpha value is -3.50. The van der Waals surface area contributed by atoms with E-state index in [1.54, 1.807) is 0 Å². The van der Waals surface area contributed by atoms with E-state index in [1.165, 1.54) is 12.8 Å². The third-order valence-electron chi connectivity index (χ3n) is 6.57. The second-order valence-corrected chi connectivity index (χ2v) is 9.55. The smallest absolute Gasteiger partial charge is 0.258 e. The lowest BCUT2D eigenvalue weighted by atomic mass is 10.0. The molecule has 0 radical (unpaired) electrons. The molecule has 1 fully saturated rings. The third kappa shape index (κ3) is 6.87. The molecule has 10 heteroatoms. The molecule has 1 aromatic carbocycles. The highest BCUT2D eigenvalue weighted by Crippen LogP contribution is 2.32. The molecular weight excluding hydrogens is 488 g/mol. The number of rotatable bonds is 12. The normalized spacial score (nSPS) is 14.4. The number of amides is 1. The Morgan fingerprint density at radius 2 is 1.92 bits per heavy atom. The van der Waals surface area contributed by atoms with Gasteiger partial charge in [-0.3, -0.25) is 4.79 Å². The minimum absolute atomic E-state index is 0.00167. The molecule has 3 aromatic rings. The van der Waals surface area contributed by atoms with Crippen LogP contribution in [-0.2, 0) is 17.6 Å². The molecule has 0 saturated heterocycles. The van der Waals surface area contributed by atoms with Gasteiger partial charge >= 0.3 is 0 Å². The number of hydrogen-bond acceptors (Lipinski definition) is 9. The van der Waals surface area contributed by atoms with Crippen LogP contribution < -0.4 is 14.8 Å². The SMILES string of the molecule is CCc1cc(-c2nc(-c3cc(C)c(OC[C@@H](O)CNC(=O)CO)c(CC)c3)no2)cc(OC2CCCC2)n1. The molecule has 0 aliphatic heterocycles. The topological polar surface area (TPSA) is 140 Å². The molecule has 1 aliphatic carbocycles. The van der Waals surface area contributed by atoms with Gasteiger partial charge in [0, 0.05) is 29.4 Å².